The Kier molecular flexibility index (Phi) is 4.35. The molecule has 0 aliphatic carbocycles. The number of hydroxylamine groups is 1. The Hall–Kier alpha value is -0.120. The van der Waals surface area contributed by atoms with Crippen LogP contribution in [0.1, 0.15) is 41.0 Å². The molecule has 1 fully saturated rings. The molecule has 4 atom stereocenters. The number of nitrogens with one attached hydrogen (secondary N) is 2. The minimum atomic E-state index is 0.172. The Morgan fingerprint density at radius 3 is 2.36 bits per heavy atom. The van der Waals surface area contributed by atoms with Crippen molar-refractivity contribution in [3.8, 4) is 0 Å². The van der Waals surface area contributed by atoms with E-state index in [1.54, 1.807) is 0 Å². The molecule has 2 N–H and O–H groups in total. The van der Waals surface area contributed by atoms with Gasteiger partial charge in [0, 0.05) is 0 Å². The Bertz CT molecular complexity index is 173. The van der Waals surface area contributed by atoms with Crippen LogP contribution in [0.25, 0.3) is 0 Å². The third-order valence-electron chi connectivity index (χ3n) is 3.40. The summed E-state index contributed by atoms with van der Waals surface area (Å²) in [5.41, 5.74) is 3.09. The molecule has 0 spiro atoms. The molecule has 1 heterocycles. The van der Waals surface area contributed by atoms with Gasteiger partial charge in [0.05, 0.1) is 6.17 Å². The Morgan fingerprint density at radius 1 is 1.21 bits per heavy atom. The van der Waals surface area contributed by atoms with Gasteiger partial charge in [-0.25, -0.2) is 0 Å². The van der Waals surface area contributed by atoms with E-state index in [4.69, 9.17) is 4.84 Å². The largest absolute Gasteiger partial charge is 0.281 e. The number of rotatable bonds is 4. The normalized spacial score (nSPS) is 32.1. The molecule has 0 amide bonds. The van der Waals surface area contributed by atoms with Gasteiger partial charge in [-0.15, -0.1) is 0 Å². The van der Waals surface area contributed by atoms with E-state index in [1.807, 2.05) is 0 Å². The highest BCUT2D eigenvalue weighted by atomic mass is 16.7. The van der Waals surface area contributed by atoms with Crippen molar-refractivity contribution in [3.05, 3.63) is 0 Å². The van der Waals surface area contributed by atoms with E-state index in [2.05, 4.69) is 45.4 Å². The molecule has 0 saturated carbocycles. The minimum Gasteiger partial charge on any atom is -0.281 e. The molecule has 0 aromatic heterocycles. The minimum absolute atomic E-state index is 0.172. The molecule has 3 heteroatoms. The summed E-state index contributed by atoms with van der Waals surface area (Å²) in [5, 5.41) is 3.49. The van der Waals surface area contributed by atoms with Crippen molar-refractivity contribution < 1.29 is 4.84 Å². The first-order valence-electron chi connectivity index (χ1n) is 5.73. The molecule has 1 rings (SSSR count). The van der Waals surface area contributed by atoms with E-state index >= 15 is 0 Å². The maximum atomic E-state index is 5.53. The molecule has 1 aliphatic rings. The van der Waals surface area contributed by atoms with Crippen molar-refractivity contribution in [2.75, 3.05) is 0 Å². The van der Waals surface area contributed by atoms with E-state index in [1.165, 1.54) is 0 Å². The van der Waals surface area contributed by atoms with Crippen LogP contribution in [0.15, 0.2) is 0 Å². The molecule has 0 radical (unpaired) electrons. The van der Waals surface area contributed by atoms with Crippen molar-refractivity contribution in [1.29, 1.82) is 0 Å². The van der Waals surface area contributed by atoms with Crippen LogP contribution in [-0.2, 0) is 4.84 Å². The zero-order valence-corrected chi connectivity index (χ0v) is 10.0. The van der Waals surface area contributed by atoms with Crippen molar-refractivity contribution in [1.82, 2.24) is 10.8 Å². The van der Waals surface area contributed by atoms with Crippen LogP contribution in [0.2, 0.25) is 0 Å². The molecule has 0 aromatic carbocycles. The van der Waals surface area contributed by atoms with Crippen LogP contribution in [0, 0.1) is 17.8 Å². The summed E-state index contributed by atoms with van der Waals surface area (Å²) in [6, 6.07) is 0. The molecule has 84 valence electrons. The zero-order chi connectivity index (χ0) is 10.7. The SMILES string of the molecule is CC[C@H](C)C1NC([C@@H](C)C(C)C)NO1. The second-order valence-electron chi connectivity index (χ2n) is 4.79. The van der Waals surface area contributed by atoms with Crippen molar-refractivity contribution in [3.63, 3.8) is 0 Å². The molecule has 1 saturated heterocycles. The van der Waals surface area contributed by atoms with Crippen LogP contribution in [0.3, 0.4) is 0 Å². The smallest absolute Gasteiger partial charge is 0.133 e. The fourth-order valence-electron chi connectivity index (χ4n) is 1.53. The summed E-state index contributed by atoms with van der Waals surface area (Å²) < 4.78 is 0. The highest BCUT2D eigenvalue weighted by Gasteiger charge is 2.31. The standard InChI is InChI=1S/C11H24N2O/c1-6-8(4)11-12-10(13-14-11)9(5)7(2)3/h7-13H,6H2,1-5H3/t8-,9-,10?,11?/m0/s1. The summed E-state index contributed by atoms with van der Waals surface area (Å²) in [4.78, 5) is 5.53. The van der Waals surface area contributed by atoms with Crippen LogP contribution in [0.4, 0.5) is 0 Å². The predicted molar refractivity (Wildman–Crippen MR) is 58.4 cm³/mol. The fraction of sp³-hybridized carbons (Fsp3) is 1.00. The van der Waals surface area contributed by atoms with Crippen LogP contribution < -0.4 is 10.8 Å². The molecular formula is C11H24N2O. The fourth-order valence-corrected chi connectivity index (χ4v) is 1.53. The number of hydrogen-bond donors (Lipinski definition) is 2. The first-order chi connectivity index (χ1) is 6.56. The van der Waals surface area contributed by atoms with Gasteiger partial charge in [-0.3, -0.25) is 10.2 Å². The van der Waals surface area contributed by atoms with Crippen LogP contribution in [-0.4, -0.2) is 12.4 Å². The first-order valence-corrected chi connectivity index (χ1v) is 5.73. The predicted octanol–water partition coefficient (Wildman–Crippen LogP) is 2.10. The summed E-state index contributed by atoms with van der Waals surface area (Å²) in [6.45, 7) is 11.1. The van der Waals surface area contributed by atoms with Crippen LogP contribution in [0.5, 0.6) is 0 Å². The van der Waals surface area contributed by atoms with Crippen molar-refractivity contribution >= 4 is 0 Å². The van der Waals surface area contributed by atoms with E-state index in [9.17, 15) is 0 Å². The van der Waals surface area contributed by atoms with E-state index in [0.29, 0.717) is 23.9 Å². The average molecular weight is 200 g/mol. The second kappa shape index (κ2) is 5.10. The maximum absolute atomic E-state index is 5.53. The third kappa shape index (κ3) is 2.69. The van der Waals surface area contributed by atoms with Gasteiger partial charge < -0.3 is 0 Å². The molecule has 1 aliphatic heterocycles. The Labute approximate surface area is 87.6 Å². The van der Waals surface area contributed by atoms with Gasteiger partial charge in [0.1, 0.15) is 6.23 Å². The van der Waals surface area contributed by atoms with Gasteiger partial charge >= 0.3 is 0 Å². The molecule has 14 heavy (non-hydrogen) atoms. The van der Waals surface area contributed by atoms with Gasteiger partial charge in [0.2, 0.25) is 0 Å². The Balaban J connectivity index is 2.41. The lowest BCUT2D eigenvalue weighted by atomic mass is 9.95. The summed E-state index contributed by atoms with van der Waals surface area (Å²) >= 11 is 0. The van der Waals surface area contributed by atoms with Crippen LogP contribution >= 0.6 is 0 Å². The van der Waals surface area contributed by atoms with Crippen molar-refractivity contribution in [2.45, 2.75) is 53.4 Å². The number of hydrogen-bond acceptors (Lipinski definition) is 3. The molecule has 2 unspecified atom stereocenters. The maximum Gasteiger partial charge on any atom is 0.133 e. The highest BCUT2D eigenvalue weighted by Crippen LogP contribution is 2.20. The lowest BCUT2D eigenvalue weighted by molar-refractivity contribution is -0.0106. The van der Waals surface area contributed by atoms with E-state index < -0.39 is 0 Å². The lowest BCUT2D eigenvalue weighted by Gasteiger charge is -2.22. The average Bonchev–Trinajstić information content (AvgIpc) is 2.64. The monoisotopic (exact) mass is 200 g/mol. The zero-order valence-electron chi connectivity index (χ0n) is 10.0. The summed E-state index contributed by atoms with van der Waals surface area (Å²) in [6.07, 6.45) is 1.61. The van der Waals surface area contributed by atoms with Gasteiger partial charge in [-0.05, 0) is 24.2 Å². The van der Waals surface area contributed by atoms with Gasteiger partial charge in [-0.1, -0.05) is 34.6 Å². The molecule has 3 nitrogen and oxygen atoms in total. The summed E-state index contributed by atoms with van der Waals surface area (Å²) in [7, 11) is 0. The topological polar surface area (TPSA) is 33.3 Å². The summed E-state index contributed by atoms with van der Waals surface area (Å²) in [5.74, 6) is 1.82. The van der Waals surface area contributed by atoms with E-state index in [-0.39, 0.29) is 6.23 Å². The first kappa shape index (κ1) is 12.0. The quantitative estimate of drug-likeness (QED) is 0.729. The van der Waals surface area contributed by atoms with Gasteiger partial charge in [-0.2, -0.15) is 5.48 Å². The molecule has 0 aromatic rings. The molecular weight excluding hydrogens is 176 g/mol. The van der Waals surface area contributed by atoms with Gasteiger partial charge in [0.15, 0.2) is 0 Å². The molecule has 0 bridgehead atoms. The van der Waals surface area contributed by atoms with Gasteiger partial charge in [0.25, 0.3) is 0 Å². The lowest BCUT2D eigenvalue weighted by Crippen LogP contribution is -2.42. The van der Waals surface area contributed by atoms with Crippen molar-refractivity contribution in [2.24, 2.45) is 17.8 Å². The Morgan fingerprint density at radius 2 is 1.86 bits per heavy atom. The second-order valence-corrected chi connectivity index (χ2v) is 4.79. The van der Waals surface area contributed by atoms with E-state index in [0.717, 1.165) is 6.42 Å². The third-order valence-corrected chi connectivity index (χ3v) is 3.40. The highest BCUT2D eigenvalue weighted by molar-refractivity contribution is 4.78.